The van der Waals surface area contributed by atoms with Crippen LogP contribution in [-0.4, -0.2) is 15.9 Å². The Morgan fingerprint density at radius 1 is 1.55 bits per heavy atom. The third-order valence-corrected chi connectivity index (χ3v) is 4.49. The number of primary amides is 1. The van der Waals surface area contributed by atoms with Crippen molar-refractivity contribution in [3.63, 3.8) is 0 Å². The minimum Gasteiger partial charge on any atom is -0.365 e. The zero-order valence-electron chi connectivity index (χ0n) is 11.2. The lowest BCUT2D eigenvalue weighted by Gasteiger charge is -2.23. The van der Waals surface area contributed by atoms with Gasteiger partial charge in [-0.15, -0.1) is 11.3 Å². The monoisotopic (exact) mass is 288 g/mol. The molecule has 0 fully saturated rings. The summed E-state index contributed by atoms with van der Waals surface area (Å²) in [5, 5.41) is 4.42. The van der Waals surface area contributed by atoms with Crippen molar-refractivity contribution in [3.8, 4) is 0 Å². The van der Waals surface area contributed by atoms with Gasteiger partial charge in [0, 0.05) is 11.1 Å². The Morgan fingerprint density at radius 2 is 2.40 bits per heavy atom. The quantitative estimate of drug-likeness (QED) is 0.909. The highest BCUT2D eigenvalue weighted by Crippen LogP contribution is 2.35. The number of amides is 1. The Balaban J connectivity index is 1.91. The molecular weight excluding hydrogens is 272 g/mol. The first kappa shape index (κ1) is 13.1. The molecule has 0 spiro atoms. The molecule has 1 amide bonds. The predicted octanol–water partition coefficient (Wildman–Crippen LogP) is 2.43. The molecule has 0 saturated carbocycles. The Morgan fingerprint density at radius 3 is 3.20 bits per heavy atom. The Bertz CT molecular complexity index is 652. The molecule has 2 aromatic heterocycles. The Labute approximate surface area is 121 Å². The Kier molecular flexibility index (Phi) is 3.40. The highest BCUT2D eigenvalue weighted by Gasteiger charge is 2.25. The molecule has 0 aromatic carbocycles. The summed E-state index contributed by atoms with van der Waals surface area (Å²) in [5.41, 5.74) is 6.91. The average molecular weight is 288 g/mol. The fourth-order valence-corrected chi connectivity index (χ4v) is 3.60. The topological polar surface area (TPSA) is 80.9 Å². The van der Waals surface area contributed by atoms with Crippen LogP contribution in [0.5, 0.6) is 0 Å². The normalized spacial score (nSPS) is 17.6. The summed E-state index contributed by atoms with van der Waals surface area (Å²) < 4.78 is 0. The molecule has 1 aliphatic carbocycles. The number of hydrogen-bond acceptors (Lipinski definition) is 5. The molecule has 3 rings (SSSR count). The molecule has 0 radical (unpaired) electrons. The van der Waals surface area contributed by atoms with Gasteiger partial charge < -0.3 is 11.1 Å². The number of rotatable bonds is 3. The zero-order chi connectivity index (χ0) is 14.1. The van der Waals surface area contributed by atoms with Gasteiger partial charge in [0.25, 0.3) is 5.91 Å². The lowest BCUT2D eigenvalue weighted by molar-refractivity contribution is 0.100. The number of aryl methyl sites for hydroxylation is 2. The van der Waals surface area contributed by atoms with E-state index in [2.05, 4.69) is 15.3 Å². The van der Waals surface area contributed by atoms with Crippen LogP contribution >= 0.6 is 11.3 Å². The smallest absolute Gasteiger partial charge is 0.252 e. The summed E-state index contributed by atoms with van der Waals surface area (Å²) in [6.45, 7) is 2.02. The summed E-state index contributed by atoms with van der Waals surface area (Å²) in [5.74, 6) is 0.0783. The second kappa shape index (κ2) is 5.20. The van der Waals surface area contributed by atoms with E-state index in [1.807, 2.05) is 6.92 Å². The lowest BCUT2D eigenvalue weighted by Crippen LogP contribution is -2.21. The second-order valence-electron chi connectivity index (χ2n) is 4.89. The molecule has 20 heavy (non-hydrogen) atoms. The maximum absolute atomic E-state index is 11.4. The molecule has 0 aliphatic heterocycles. The molecule has 2 aromatic rings. The number of aromatic nitrogens is 2. The molecule has 1 atom stereocenters. The second-order valence-corrected chi connectivity index (χ2v) is 6.18. The number of carbonyl (C=O) groups excluding carboxylic acids is 1. The third kappa shape index (κ3) is 2.38. The van der Waals surface area contributed by atoms with E-state index >= 15 is 0 Å². The van der Waals surface area contributed by atoms with Crippen molar-refractivity contribution >= 4 is 23.1 Å². The van der Waals surface area contributed by atoms with E-state index in [1.54, 1.807) is 29.7 Å². The van der Waals surface area contributed by atoms with Gasteiger partial charge in [-0.25, -0.2) is 9.97 Å². The van der Waals surface area contributed by atoms with Gasteiger partial charge in [-0.1, -0.05) is 0 Å². The van der Waals surface area contributed by atoms with Crippen LogP contribution in [0.1, 0.15) is 44.8 Å². The average Bonchev–Trinajstić information content (AvgIpc) is 2.80. The molecule has 0 saturated heterocycles. The van der Waals surface area contributed by atoms with Gasteiger partial charge in [-0.05, 0) is 38.3 Å². The SMILES string of the molecule is Cc1nc2c(s1)CCCC2Nc1ncccc1C(N)=O. The van der Waals surface area contributed by atoms with Crippen molar-refractivity contribution < 1.29 is 4.79 Å². The number of thiazole rings is 1. The molecule has 6 heteroatoms. The van der Waals surface area contributed by atoms with Gasteiger partial charge in [0.15, 0.2) is 0 Å². The van der Waals surface area contributed by atoms with Gasteiger partial charge >= 0.3 is 0 Å². The number of fused-ring (bicyclic) bond motifs is 1. The molecule has 0 bridgehead atoms. The van der Waals surface area contributed by atoms with E-state index < -0.39 is 5.91 Å². The van der Waals surface area contributed by atoms with Gasteiger partial charge in [0.2, 0.25) is 0 Å². The minimum absolute atomic E-state index is 0.108. The fraction of sp³-hybridized carbons (Fsp3) is 0.357. The molecule has 5 nitrogen and oxygen atoms in total. The van der Waals surface area contributed by atoms with Crippen molar-refractivity contribution in [1.29, 1.82) is 0 Å². The Hall–Kier alpha value is -1.95. The van der Waals surface area contributed by atoms with E-state index in [9.17, 15) is 4.79 Å². The van der Waals surface area contributed by atoms with Gasteiger partial charge in [0.05, 0.1) is 22.3 Å². The van der Waals surface area contributed by atoms with Gasteiger partial charge in [-0.2, -0.15) is 0 Å². The molecule has 3 N–H and O–H groups in total. The minimum atomic E-state index is -0.467. The first-order valence-electron chi connectivity index (χ1n) is 6.62. The molecule has 1 aliphatic rings. The van der Waals surface area contributed by atoms with E-state index in [0.717, 1.165) is 30.0 Å². The number of nitrogens with one attached hydrogen (secondary N) is 1. The van der Waals surface area contributed by atoms with E-state index in [4.69, 9.17) is 5.73 Å². The first-order chi connectivity index (χ1) is 9.65. The van der Waals surface area contributed by atoms with Gasteiger partial charge in [0.1, 0.15) is 5.82 Å². The van der Waals surface area contributed by atoms with Crippen LogP contribution in [0.15, 0.2) is 18.3 Å². The van der Waals surface area contributed by atoms with Crippen LogP contribution in [0.2, 0.25) is 0 Å². The largest absolute Gasteiger partial charge is 0.365 e. The molecular formula is C14H16N4OS. The summed E-state index contributed by atoms with van der Waals surface area (Å²) in [4.78, 5) is 21.6. The van der Waals surface area contributed by atoms with Crippen molar-refractivity contribution in [3.05, 3.63) is 39.5 Å². The van der Waals surface area contributed by atoms with Crippen molar-refractivity contribution in [1.82, 2.24) is 9.97 Å². The van der Waals surface area contributed by atoms with Gasteiger partial charge in [-0.3, -0.25) is 4.79 Å². The highest BCUT2D eigenvalue weighted by molar-refractivity contribution is 7.11. The lowest BCUT2D eigenvalue weighted by atomic mass is 9.97. The van der Waals surface area contributed by atoms with Crippen LogP contribution in [-0.2, 0) is 6.42 Å². The third-order valence-electron chi connectivity index (χ3n) is 3.45. The molecule has 1 unspecified atom stereocenters. The zero-order valence-corrected chi connectivity index (χ0v) is 12.0. The predicted molar refractivity (Wildman–Crippen MR) is 78.9 cm³/mol. The summed E-state index contributed by atoms with van der Waals surface area (Å²) in [7, 11) is 0. The first-order valence-corrected chi connectivity index (χ1v) is 7.44. The summed E-state index contributed by atoms with van der Waals surface area (Å²) >= 11 is 1.75. The van der Waals surface area contributed by atoms with Crippen molar-refractivity contribution in [2.75, 3.05) is 5.32 Å². The van der Waals surface area contributed by atoms with Crippen LogP contribution < -0.4 is 11.1 Å². The fourth-order valence-electron chi connectivity index (χ4n) is 2.56. The summed E-state index contributed by atoms with van der Waals surface area (Å²) in [6.07, 6.45) is 4.85. The maximum atomic E-state index is 11.4. The number of pyridine rings is 1. The van der Waals surface area contributed by atoms with E-state index in [1.165, 1.54) is 4.88 Å². The number of carbonyl (C=O) groups is 1. The van der Waals surface area contributed by atoms with Crippen LogP contribution in [0.25, 0.3) is 0 Å². The van der Waals surface area contributed by atoms with Crippen molar-refractivity contribution in [2.24, 2.45) is 5.73 Å². The van der Waals surface area contributed by atoms with E-state index in [-0.39, 0.29) is 6.04 Å². The van der Waals surface area contributed by atoms with Crippen LogP contribution in [0, 0.1) is 6.92 Å². The van der Waals surface area contributed by atoms with Crippen molar-refractivity contribution in [2.45, 2.75) is 32.2 Å². The maximum Gasteiger partial charge on any atom is 0.252 e. The number of nitrogens with zero attached hydrogens (tertiary/aromatic N) is 2. The van der Waals surface area contributed by atoms with Crippen LogP contribution in [0.4, 0.5) is 5.82 Å². The summed E-state index contributed by atoms with van der Waals surface area (Å²) in [6, 6.07) is 3.51. The molecule has 2 heterocycles. The van der Waals surface area contributed by atoms with E-state index in [0.29, 0.717) is 11.4 Å². The molecule has 104 valence electrons. The highest BCUT2D eigenvalue weighted by atomic mass is 32.1. The number of anilines is 1. The number of nitrogens with two attached hydrogens (primary N) is 1. The standard InChI is InChI=1S/C14H16N4OS/c1-8-17-12-10(5-2-6-11(12)20-8)18-14-9(13(15)19)4-3-7-16-14/h3-4,7,10H,2,5-6H2,1H3,(H2,15,19)(H,16,18). The number of hydrogen-bond donors (Lipinski definition) is 2. The van der Waals surface area contributed by atoms with Crippen LogP contribution in [0.3, 0.4) is 0 Å².